The second-order valence-corrected chi connectivity index (χ2v) is 4.69. The number of aliphatic hydroxyl groups excluding tert-OH is 1. The molecule has 0 radical (unpaired) electrons. The number of nitrogens with one attached hydrogen (secondary N) is 1. The van der Waals surface area contributed by atoms with Gasteiger partial charge in [-0.2, -0.15) is 0 Å². The number of benzene rings is 1. The number of hydrogen-bond donors (Lipinski definition) is 2. The number of rotatable bonds is 5. The molecule has 1 atom stereocenters. The van der Waals surface area contributed by atoms with E-state index in [2.05, 4.69) is 31.3 Å². The van der Waals surface area contributed by atoms with Crippen LogP contribution in [0.5, 0.6) is 0 Å². The predicted octanol–water partition coefficient (Wildman–Crippen LogP) is 3.55. The third-order valence-corrected chi connectivity index (χ3v) is 2.92. The van der Waals surface area contributed by atoms with Crippen molar-refractivity contribution in [2.45, 2.75) is 25.9 Å². The van der Waals surface area contributed by atoms with Crippen molar-refractivity contribution in [2.75, 3.05) is 11.9 Å². The highest BCUT2D eigenvalue weighted by Crippen LogP contribution is 2.20. The molecule has 1 unspecified atom stereocenters. The fourth-order valence-electron chi connectivity index (χ4n) is 1.80. The third kappa shape index (κ3) is 3.14. The van der Waals surface area contributed by atoms with Crippen molar-refractivity contribution in [3.63, 3.8) is 0 Å². The van der Waals surface area contributed by atoms with E-state index >= 15 is 0 Å². The molecule has 0 spiro atoms. The highest BCUT2D eigenvalue weighted by molar-refractivity contribution is 5.46. The summed E-state index contributed by atoms with van der Waals surface area (Å²) in [4.78, 5) is 0. The molecule has 3 nitrogen and oxygen atoms in total. The standard InChI is InChI=1S/C15H19NO2/c1-11(2)12-5-3-6-13(9-12)16-10-14(17)15-7-4-8-18-15/h3-9,11,14,16-17H,10H2,1-2H3. The van der Waals surface area contributed by atoms with E-state index in [4.69, 9.17) is 4.42 Å². The first-order valence-corrected chi connectivity index (χ1v) is 6.22. The maximum absolute atomic E-state index is 9.89. The van der Waals surface area contributed by atoms with Crippen LogP contribution in [-0.2, 0) is 0 Å². The molecule has 0 fully saturated rings. The van der Waals surface area contributed by atoms with Crippen LogP contribution in [0.25, 0.3) is 0 Å². The molecule has 1 aromatic carbocycles. The lowest BCUT2D eigenvalue weighted by Gasteiger charge is -2.12. The van der Waals surface area contributed by atoms with Crippen LogP contribution in [0, 0.1) is 0 Å². The van der Waals surface area contributed by atoms with Gasteiger partial charge in [0.1, 0.15) is 11.9 Å². The molecule has 1 aromatic heterocycles. The van der Waals surface area contributed by atoms with Gasteiger partial charge in [-0.1, -0.05) is 26.0 Å². The van der Waals surface area contributed by atoms with Crippen molar-refractivity contribution >= 4 is 5.69 Å². The number of aliphatic hydroxyl groups is 1. The molecule has 0 bridgehead atoms. The van der Waals surface area contributed by atoms with E-state index in [-0.39, 0.29) is 0 Å². The van der Waals surface area contributed by atoms with Crippen molar-refractivity contribution in [1.29, 1.82) is 0 Å². The molecule has 18 heavy (non-hydrogen) atoms. The topological polar surface area (TPSA) is 45.4 Å². The Labute approximate surface area is 107 Å². The Morgan fingerprint density at radius 1 is 1.22 bits per heavy atom. The number of furan rings is 1. The van der Waals surface area contributed by atoms with E-state index in [1.54, 1.807) is 18.4 Å². The summed E-state index contributed by atoms with van der Waals surface area (Å²) in [6.45, 7) is 4.77. The summed E-state index contributed by atoms with van der Waals surface area (Å²) in [5.41, 5.74) is 2.30. The molecule has 0 saturated heterocycles. The smallest absolute Gasteiger partial charge is 0.134 e. The molecular weight excluding hydrogens is 226 g/mol. The molecule has 0 amide bonds. The monoisotopic (exact) mass is 245 g/mol. The van der Waals surface area contributed by atoms with E-state index in [1.165, 1.54) is 5.56 Å². The van der Waals surface area contributed by atoms with Crippen LogP contribution in [0.15, 0.2) is 47.1 Å². The quantitative estimate of drug-likeness (QED) is 0.846. The maximum Gasteiger partial charge on any atom is 0.134 e. The predicted molar refractivity (Wildman–Crippen MR) is 72.7 cm³/mol. The van der Waals surface area contributed by atoms with E-state index in [1.807, 2.05) is 12.1 Å². The van der Waals surface area contributed by atoms with Crippen molar-refractivity contribution < 1.29 is 9.52 Å². The fraction of sp³-hybridized carbons (Fsp3) is 0.333. The number of anilines is 1. The van der Waals surface area contributed by atoms with Gasteiger partial charge in [0.05, 0.1) is 6.26 Å². The van der Waals surface area contributed by atoms with Crippen LogP contribution in [0.4, 0.5) is 5.69 Å². The molecule has 96 valence electrons. The normalized spacial score (nSPS) is 12.7. The zero-order valence-electron chi connectivity index (χ0n) is 10.8. The minimum Gasteiger partial charge on any atom is -0.467 e. The summed E-state index contributed by atoms with van der Waals surface area (Å²) in [5, 5.41) is 13.1. The highest BCUT2D eigenvalue weighted by atomic mass is 16.4. The Bertz CT molecular complexity index is 477. The van der Waals surface area contributed by atoms with Crippen LogP contribution in [0.1, 0.15) is 37.2 Å². The molecular formula is C15H19NO2. The zero-order chi connectivity index (χ0) is 13.0. The van der Waals surface area contributed by atoms with Crippen molar-refractivity contribution in [1.82, 2.24) is 0 Å². The summed E-state index contributed by atoms with van der Waals surface area (Å²) in [6.07, 6.45) is 0.945. The third-order valence-electron chi connectivity index (χ3n) is 2.92. The summed E-state index contributed by atoms with van der Waals surface area (Å²) in [5.74, 6) is 1.09. The Hall–Kier alpha value is -1.74. The Morgan fingerprint density at radius 2 is 2.06 bits per heavy atom. The lowest BCUT2D eigenvalue weighted by Crippen LogP contribution is -2.11. The summed E-state index contributed by atoms with van der Waals surface area (Å²) in [7, 11) is 0. The molecule has 0 aliphatic carbocycles. The van der Waals surface area contributed by atoms with Gasteiger partial charge in [0, 0.05) is 12.2 Å². The SMILES string of the molecule is CC(C)c1cccc(NCC(O)c2ccco2)c1. The molecule has 3 heteroatoms. The summed E-state index contributed by atoms with van der Waals surface area (Å²) in [6, 6.07) is 11.8. The lowest BCUT2D eigenvalue weighted by atomic mass is 10.0. The fourth-order valence-corrected chi connectivity index (χ4v) is 1.80. The van der Waals surface area contributed by atoms with Gasteiger partial charge in [0.2, 0.25) is 0 Å². The van der Waals surface area contributed by atoms with Crippen LogP contribution in [0.2, 0.25) is 0 Å². The van der Waals surface area contributed by atoms with Gasteiger partial charge in [0.15, 0.2) is 0 Å². The van der Waals surface area contributed by atoms with Crippen molar-refractivity contribution in [2.24, 2.45) is 0 Å². The molecule has 0 aliphatic heterocycles. The van der Waals surface area contributed by atoms with E-state index in [0.29, 0.717) is 18.2 Å². The highest BCUT2D eigenvalue weighted by Gasteiger charge is 2.09. The first kappa shape index (κ1) is 12.7. The van der Waals surface area contributed by atoms with Gasteiger partial charge in [0.25, 0.3) is 0 Å². The Morgan fingerprint density at radius 3 is 2.72 bits per heavy atom. The van der Waals surface area contributed by atoms with Crippen LogP contribution in [-0.4, -0.2) is 11.7 Å². The molecule has 2 rings (SSSR count). The Balaban J connectivity index is 1.96. The lowest BCUT2D eigenvalue weighted by molar-refractivity contribution is 0.162. The van der Waals surface area contributed by atoms with Crippen molar-refractivity contribution in [3.8, 4) is 0 Å². The van der Waals surface area contributed by atoms with Gasteiger partial charge in [-0.3, -0.25) is 0 Å². The largest absolute Gasteiger partial charge is 0.467 e. The van der Waals surface area contributed by atoms with E-state index in [0.717, 1.165) is 5.69 Å². The maximum atomic E-state index is 9.89. The Kier molecular flexibility index (Phi) is 4.05. The molecule has 2 N–H and O–H groups in total. The minimum atomic E-state index is -0.622. The molecule has 0 aliphatic rings. The van der Waals surface area contributed by atoms with Crippen LogP contribution in [0.3, 0.4) is 0 Å². The van der Waals surface area contributed by atoms with Gasteiger partial charge < -0.3 is 14.8 Å². The second-order valence-electron chi connectivity index (χ2n) is 4.69. The van der Waals surface area contributed by atoms with Gasteiger partial charge >= 0.3 is 0 Å². The van der Waals surface area contributed by atoms with Gasteiger partial charge in [-0.25, -0.2) is 0 Å². The number of hydrogen-bond acceptors (Lipinski definition) is 3. The summed E-state index contributed by atoms with van der Waals surface area (Å²) >= 11 is 0. The average molecular weight is 245 g/mol. The average Bonchev–Trinajstić information content (AvgIpc) is 2.90. The van der Waals surface area contributed by atoms with E-state index in [9.17, 15) is 5.11 Å². The molecule has 1 heterocycles. The zero-order valence-corrected chi connectivity index (χ0v) is 10.8. The van der Waals surface area contributed by atoms with Gasteiger partial charge in [-0.05, 0) is 35.7 Å². The molecule has 0 saturated carbocycles. The van der Waals surface area contributed by atoms with E-state index < -0.39 is 6.10 Å². The summed E-state index contributed by atoms with van der Waals surface area (Å²) < 4.78 is 5.16. The van der Waals surface area contributed by atoms with Crippen LogP contribution < -0.4 is 5.32 Å². The molecule has 2 aromatic rings. The van der Waals surface area contributed by atoms with Crippen LogP contribution >= 0.6 is 0 Å². The second kappa shape index (κ2) is 5.74. The van der Waals surface area contributed by atoms with Crippen molar-refractivity contribution in [3.05, 3.63) is 54.0 Å². The first-order chi connectivity index (χ1) is 8.66. The van der Waals surface area contributed by atoms with Gasteiger partial charge in [-0.15, -0.1) is 0 Å². The first-order valence-electron chi connectivity index (χ1n) is 6.22. The minimum absolute atomic E-state index is 0.440.